The summed E-state index contributed by atoms with van der Waals surface area (Å²) in [5.41, 5.74) is 1.86. The van der Waals surface area contributed by atoms with Gasteiger partial charge in [0.05, 0.1) is 17.5 Å². The second-order valence-electron chi connectivity index (χ2n) is 7.50. The van der Waals surface area contributed by atoms with Gasteiger partial charge in [0.1, 0.15) is 0 Å². The molecule has 2 aromatic carbocycles. The van der Waals surface area contributed by atoms with Gasteiger partial charge in [0.25, 0.3) is 0 Å². The van der Waals surface area contributed by atoms with Gasteiger partial charge in [-0.1, -0.05) is 42.1 Å². The maximum Gasteiger partial charge on any atom is 0.237 e. The molecule has 1 atom stereocenters. The summed E-state index contributed by atoms with van der Waals surface area (Å²) < 4.78 is 2.09. The first-order chi connectivity index (χ1) is 15.2. The number of nitrogens with zero attached hydrogens (tertiary/aromatic N) is 4. The van der Waals surface area contributed by atoms with Gasteiger partial charge in [0, 0.05) is 10.6 Å². The second kappa shape index (κ2) is 10.3. The molecule has 1 N–H and O–H groups in total. The van der Waals surface area contributed by atoms with E-state index in [0.717, 1.165) is 46.9 Å². The minimum Gasteiger partial charge on any atom is -0.324 e. The van der Waals surface area contributed by atoms with Crippen LogP contribution in [-0.4, -0.2) is 50.2 Å². The van der Waals surface area contributed by atoms with E-state index in [1.165, 1.54) is 24.6 Å². The third-order valence-corrected chi connectivity index (χ3v) is 7.13. The number of amides is 1. The van der Waals surface area contributed by atoms with E-state index in [-0.39, 0.29) is 11.2 Å². The van der Waals surface area contributed by atoms with Crippen LogP contribution >= 0.6 is 23.5 Å². The summed E-state index contributed by atoms with van der Waals surface area (Å²) >= 11 is 3.06. The minimum absolute atomic E-state index is 0.0461. The van der Waals surface area contributed by atoms with Gasteiger partial charge in [-0.15, -0.1) is 22.0 Å². The molecule has 4 rings (SSSR count). The quantitative estimate of drug-likeness (QED) is 0.499. The SMILES string of the molecule is CSc1ccccc1NC(=O)C(C)Sc1nnc(CN2CCCC2)n1-c1ccccc1. The molecule has 1 aromatic heterocycles. The van der Waals surface area contributed by atoms with Crippen molar-refractivity contribution in [2.75, 3.05) is 24.7 Å². The molecule has 0 saturated carbocycles. The van der Waals surface area contributed by atoms with Crippen LogP contribution < -0.4 is 5.32 Å². The van der Waals surface area contributed by atoms with E-state index in [9.17, 15) is 4.79 Å². The van der Waals surface area contributed by atoms with Gasteiger partial charge in [-0.05, 0) is 63.4 Å². The van der Waals surface area contributed by atoms with Crippen LogP contribution in [0.2, 0.25) is 0 Å². The Hall–Kier alpha value is -2.29. The predicted molar refractivity (Wildman–Crippen MR) is 128 cm³/mol. The Morgan fingerprint density at radius 3 is 2.52 bits per heavy atom. The molecule has 0 aliphatic carbocycles. The fourth-order valence-corrected chi connectivity index (χ4v) is 5.09. The van der Waals surface area contributed by atoms with E-state index >= 15 is 0 Å². The van der Waals surface area contributed by atoms with Gasteiger partial charge in [0.2, 0.25) is 5.91 Å². The molecular weight excluding hydrogens is 426 g/mol. The Bertz CT molecular complexity index is 1020. The maximum absolute atomic E-state index is 12.9. The van der Waals surface area contributed by atoms with Crippen molar-refractivity contribution in [3.05, 3.63) is 60.4 Å². The molecular formula is C23H27N5OS2. The number of para-hydroxylation sites is 2. The van der Waals surface area contributed by atoms with E-state index in [0.29, 0.717) is 0 Å². The van der Waals surface area contributed by atoms with Crippen LogP contribution in [0.15, 0.2) is 64.6 Å². The number of carbonyl (C=O) groups excluding carboxylic acids is 1. The first kappa shape index (κ1) is 21.9. The van der Waals surface area contributed by atoms with Gasteiger partial charge in [-0.3, -0.25) is 14.3 Å². The zero-order valence-corrected chi connectivity index (χ0v) is 19.5. The van der Waals surface area contributed by atoms with E-state index < -0.39 is 0 Å². The zero-order valence-electron chi connectivity index (χ0n) is 17.8. The number of carbonyl (C=O) groups is 1. The number of likely N-dealkylation sites (tertiary alicyclic amines) is 1. The largest absolute Gasteiger partial charge is 0.324 e. The highest BCUT2D eigenvalue weighted by Crippen LogP contribution is 2.29. The van der Waals surface area contributed by atoms with Crippen LogP contribution in [0.1, 0.15) is 25.6 Å². The Kier molecular flexibility index (Phi) is 7.32. The van der Waals surface area contributed by atoms with Crippen molar-refractivity contribution >= 4 is 35.1 Å². The molecule has 2 heterocycles. The number of benzene rings is 2. The molecule has 1 fully saturated rings. The normalized spacial score (nSPS) is 15.2. The summed E-state index contributed by atoms with van der Waals surface area (Å²) in [6.45, 7) is 4.87. The van der Waals surface area contributed by atoms with Crippen molar-refractivity contribution in [2.24, 2.45) is 0 Å². The topological polar surface area (TPSA) is 63.1 Å². The van der Waals surface area contributed by atoms with Crippen LogP contribution in [0, 0.1) is 0 Å². The molecule has 0 radical (unpaired) electrons. The highest BCUT2D eigenvalue weighted by Gasteiger charge is 2.23. The number of anilines is 1. The van der Waals surface area contributed by atoms with Gasteiger partial charge >= 0.3 is 0 Å². The molecule has 162 valence electrons. The lowest BCUT2D eigenvalue weighted by atomic mass is 10.3. The molecule has 1 unspecified atom stereocenters. The lowest BCUT2D eigenvalue weighted by Crippen LogP contribution is -2.23. The lowest BCUT2D eigenvalue weighted by Gasteiger charge is -2.17. The van der Waals surface area contributed by atoms with Crippen LogP contribution in [0.5, 0.6) is 0 Å². The average molecular weight is 454 g/mol. The molecule has 8 heteroatoms. The van der Waals surface area contributed by atoms with Gasteiger partial charge in [-0.25, -0.2) is 0 Å². The second-order valence-corrected chi connectivity index (χ2v) is 9.66. The molecule has 1 aliphatic rings. The van der Waals surface area contributed by atoms with Crippen molar-refractivity contribution in [3.63, 3.8) is 0 Å². The van der Waals surface area contributed by atoms with Crippen molar-refractivity contribution < 1.29 is 4.79 Å². The van der Waals surface area contributed by atoms with Crippen LogP contribution in [0.25, 0.3) is 5.69 Å². The molecule has 1 amide bonds. The smallest absolute Gasteiger partial charge is 0.237 e. The minimum atomic E-state index is -0.318. The summed E-state index contributed by atoms with van der Waals surface area (Å²) in [5.74, 6) is 0.867. The number of rotatable bonds is 8. The maximum atomic E-state index is 12.9. The number of hydrogen-bond donors (Lipinski definition) is 1. The van der Waals surface area contributed by atoms with Gasteiger partial charge < -0.3 is 5.32 Å². The lowest BCUT2D eigenvalue weighted by molar-refractivity contribution is -0.115. The van der Waals surface area contributed by atoms with E-state index in [1.54, 1.807) is 11.8 Å². The van der Waals surface area contributed by atoms with E-state index in [2.05, 4.69) is 37.1 Å². The Morgan fingerprint density at radius 2 is 1.77 bits per heavy atom. The molecule has 6 nitrogen and oxygen atoms in total. The summed E-state index contributed by atoms with van der Waals surface area (Å²) in [6, 6.07) is 18.0. The number of nitrogens with one attached hydrogen (secondary N) is 1. The number of hydrogen-bond acceptors (Lipinski definition) is 6. The van der Waals surface area contributed by atoms with Gasteiger partial charge in [0.15, 0.2) is 11.0 Å². The average Bonchev–Trinajstić information content (AvgIpc) is 3.45. The van der Waals surface area contributed by atoms with Crippen molar-refractivity contribution in [1.29, 1.82) is 0 Å². The molecule has 1 saturated heterocycles. The van der Waals surface area contributed by atoms with Crippen LogP contribution in [0.4, 0.5) is 5.69 Å². The summed E-state index contributed by atoms with van der Waals surface area (Å²) in [6.07, 6.45) is 4.47. The molecule has 1 aliphatic heterocycles. The fourth-order valence-electron chi connectivity index (χ4n) is 3.65. The molecule has 0 spiro atoms. The van der Waals surface area contributed by atoms with Gasteiger partial charge in [-0.2, -0.15) is 0 Å². The Balaban J connectivity index is 1.54. The third kappa shape index (κ3) is 5.31. The predicted octanol–water partition coefficient (Wildman–Crippen LogP) is 4.70. The standard InChI is InChI=1S/C23H27N5OS2/c1-17(22(29)24-19-12-6-7-13-20(19)30-2)31-23-26-25-21(16-27-14-8-9-15-27)28(23)18-10-4-3-5-11-18/h3-7,10-13,17H,8-9,14-16H2,1-2H3,(H,24,29). The highest BCUT2D eigenvalue weighted by molar-refractivity contribution is 8.00. The first-order valence-electron chi connectivity index (χ1n) is 10.5. The van der Waals surface area contributed by atoms with E-state index in [1.807, 2.05) is 55.6 Å². The van der Waals surface area contributed by atoms with Crippen LogP contribution in [0.3, 0.4) is 0 Å². The van der Waals surface area contributed by atoms with Crippen LogP contribution in [-0.2, 0) is 11.3 Å². The fraction of sp³-hybridized carbons (Fsp3) is 0.348. The Morgan fingerprint density at radius 1 is 1.06 bits per heavy atom. The third-order valence-electron chi connectivity index (χ3n) is 5.29. The number of thioether (sulfide) groups is 2. The van der Waals surface area contributed by atoms with Crippen molar-refractivity contribution in [3.8, 4) is 5.69 Å². The Labute approximate surface area is 191 Å². The summed E-state index contributed by atoms with van der Waals surface area (Å²) in [4.78, 5) is 16.4. The summed E-state index contributed by atoms with van der Waals surface area (Å²) in [5, 5.41) is 12.4. The summed E-state index contributed by atoms with van der Waals surface area (Å²) in [7, 11) is 0. The van der Waals surface area contributed by atoms with Crippen molar-refractivity contribution in [1.82, 2.24) is 19.7 Å². The monoisotopic (exact) mass is 453 g/mol. The molecule has 31 heavy (non-hydrogen) atoms. The molecule has 3 aromatic rings. The van der Waals surface area contributed by atoms with E-state index in [4.69, 9.17) is 0 Å². The van der Waals surface area contributed by atoms with Crippen molar-refractivity contribution in [2.45, 2.75) is 41.6 Å². The number of aromatic nitrogens is 3. The molecule has 0 bridgehead atoms. The highest BCUT2D eigenvalue weighted by atomic mass is 32.2. The first-order valence-corrected chi connectivity index (χ1v) is 12.6. The zero-order chi connectivity index (χ0) is 21.6.